The fourth-order valence-electron chi connectivity index (χ4n) is 1.83. The minimum Gasteiger partial charge on any atom is -0.357 e. The van der Waals surface area contributed by atoms with Gasteiger partial charge < -0.3 is 9.88 Å². The molecule has 2 rings (SSSR count). The summed E-state index contributed by atoms with van der Waals surface area (Å²) in [6.45, 7) is 1.91. The summed E-state index contributed by atoms with van der Waals surface area (Å²) >= 11 is 0. The first-order chi connectivity index (χ1) is 9.60. The average Bonchev–Trinajstić information content (AvgIpc) is 2.84. The highest BCUT2D eigenvalue weighted by Gasteiger charge is 2.10. The van der Waals surface area contributed by atoms with Gasteiger partial charge in [0.25, 0.3) is 5.91 Å². The number of para-hydroxylation sites is 1. The molecule has 1 aromatic carbocycles. The van der Waals surface area contributed by atoms with E-state index < -0.39 is 5.91 Å². The van der Waals surface area contributed by atoms with Gasteiger partial charge in [-0.05, 0) is 36.3 Å². The quantitative estimate of drug-likeness (QED) is 0.685. The second kappa shape index (κ2) is 5.89. The van der Waals surface area contributed by atoms with Crippen molar-refractivity contribution in [1.29, 1.82) is 5.26 Å². The number of carbonyl (C=O) groups is 1. The highest BCUT2D eigenvalue weighted by molar-refractivity contribution is 6.09. The van der Waals surface area contributed by atoms with Crippen LogP contribution in [0, 0.1) is 18.3 Å². The van der Waals surface area contributed by atoms with Gasteiger partial charge in [-0.2, -0.15) is 5.26 Å². The Labute approximate surface area is 118 Å². The number of nitrogens with one attached hydrogen (secondary N) is 1. The SMILES string of the molecule is Cc1ccccc1NC(=O)/C(C#N)=C/c1ccn(C)c1. The van der Waals surface area contributed by atoms with Gasteiger partial charge in [-0.25, -0.2) is 0 Å². The molecule has 0 saturated carbocycles. The van der Waals surface area contributed by atoms with Gasteiger partial charge in [0.2, 0.25) is 0 Å². The number of benzene rings is 1. The largest absolute Gasteiger partial charge is 0.357 e. The molecule has 0 radical (unpaired) electrons. The Morgan fingerprint density at radius 2 is 2.10 bits per heavy atom. The Hall–Kier alpha value is -2.80. The minimum atomic E-state index is -0.398. The van der Waals surface area contributed by atoms with E-state index in [1.54, 1.807) is 6.08 Å². The van der Waals surface area contributed by atoms with E-state index in [9.17, 15) is 4.79 Å². The van der Waals surface area contributed by atoms with Crippen molar-refractivity contribution >= 4 is 17.7 Å². The maximum absolute atomic E-state index is 12.1. The maximum Gasteiger partial charge on any atom is 0.266 e. The van der Waals surface area contributed by atoms with Crippen molar-refractivity contribution in [2.45, 2.75) is 6.92 Å². The Morgan fingerprint density at radius 1 is 1.35 bits per heavy atom. The van der Waals surface area contributed by atoms with Gasteiger partial charge in [-0.1, -0.05) is 18.2 Å². The standard InChI is InChI=1S/C16H15N3O/c1-12-5-3-4-6-15(12)18-16(20)14(10-17)9-13-7-8-19(2)11-13/h3-9,11H,1-2H3,(H,18,20)/b14-9+. The van der Waals surface area contributed by atoms with Crippen molar-refractivity contribution in [2.75, 3.05) is 5.32 Å². The summed E-state index contributed by atoms with van der Waals surface area (Å²) in [5.74, 6) is -0.398. The Kier molecular flexibility index (Phi) is 4.02. The monoisotopic (exact) mass is 265 g/mol. The molecule has 1 heterocycles. The molecule has 20 heavy (non-hydrogen) atoms. The second-order valence-corrected chi connectivity index (χ2v) is 4.55. The van der Waals surface area contributed by atoms with E-state index in [-0.39, 0.29) is 5.57 Å². The van der Waals surface area contributed by atoms with Gasteiger partial charge >= 0.3 is 0 Å². The third-order valence-corrected chi connectivity index (χ3v) is 2.92. The van der Waals surface area contributed by atoms with Crippen LogP contribution in [0.5, 0.6) is 0 Å². The molecule has 1 aromatic heterocycles. The molecule has 2 aromatic rings. The van der Waals surface area contributed by atoms with Crippen LogP contribution >= 0.6 is 0 Å². The number of amides is 1. The van der Waals surface area contributed by atoms with Crippen LogP contribution < -0.4 is 5.32 Å². The zero-order valence-corrected chi connectivity index (χ0v) is 11.4. The Balaban J connectivity index is 2.21. The van der Waals surface area contributed by atoms with Crippen LogP contribution in [-0.2, 0) is 11.8 Å². The summed E-state index contributed by atoms with van der Waals surface area (Å²) in [7, 11) is 1.89. The van der Waals surface area contributed by atoms with E-state index in [1.165, 1.54) is 0 Å². The van der Waals surface area contributed by atoms with E-state index in [2.05, 4.69) is 5.32 Å². The van der Waals surface area contributed by atoms with Crippen LogP contribution in [0.3, 0.4) is 0 Å². The number of aromatic nitrogens is 1. The van der Waals surface area contributed by atoms with Crippen LogP contribution in [0.25, 0.3) is 6.08 Å². The molecule has 0 spiro atoms. The molecule has 0 aliphatic carbocycles. The lowest BCUT2D eigenvalue weighted by Crippen LogP contribution is -2.14. The van der Waals surface area contributed by atoms with Crippen molar-refractivity contribution in [3.8, 4) is 6.07 Å². The van der Waals surface area contributed by atoms with Gasteiger partial charge in [0.05, 0.1) is 0 Å². The molecule has 0 unspecified atom stereocenters. The topological polar surface area (TPSA) is 57.8 Å². The van der Waals surface area contributed by atoms with Crippen molar-refractivity contribution in [3.63, 3.8) is 0 Å². The average molecular weight is 265 g/mol. The van der Waals surface area contributed by atoms with Gasteiger partial charge in [-0.3, -0.25) is 4.79 Å². The summed E-state index contributed by atoms with van der Waals surface area (Å²) in [4.78, 5) is 12.1. The summed E-state index contributed by atoms with van der Waals surface area (Å²) in [5.41, 5.74) is 2.58. The summed E-state index contributed by atoms with van der Waals surface area (Å²) in [5, 5.41) is 11.9. The minimum absolute atomic E-state index is 0.0828. The second-order valence-electron chi connectivity index (χ2n) is 4.55. The molecule has 1 N–H and O–H groups in total. The lowest BCUT2D eigenvalue weighted by atomic mass is 10.1. The Morgan fingerprint density at radius 3 is 2.70 bits per heavy atom. The van der Waals surface area contributed by atoms with Gasteiger partial charge in [-0.15, -0.1) is 0 Å². The van der Waals surface area contributed by atoms with Crippen molar-refractivity contribution < 1.29 is 4.79 Å². The molecular formula is C16H15N3O. The number of rotatable bonds is 3. The molecule has 0 aliphatic heterocycles. The molecule has 4 heteroatoms. The Bertz CT molecular complexity index is 705. The van der Waals surface area contributed by atoms with E-state index in [1.807, 2.05) is 67.3 Å². The van der Waals surface area contributed by atoms with E-state index in [0.717, 1.165) is 11.1 Å². The molecule has 0 saturated heterocycles. The van der Waals surface area contributed by atoms with Gasteiger partial charge in [0.1, 0.15) is 11.6 Å². The number of nitriles is 1. The molecule has 0 atom stereocenters. The number of hydrogen-bond donors (Lipinski definition) is 1. The lowest BCUT2D eigenvalue weighted by Gasteiger charge is -2.06. The van der Waals surface area contributed by atoms with Crippen molar-refractivity contribution in [1.82, 2.24) is 4.57 Å². The third-order valence-electron chi connectivity index (χ3n) is 2.92. The molecule has 100 valence electrons. The molecule has 1 amide bonds. The van der Waals surface area contributed by atoms with Crippen LogP contribution in [0.4, 0.5) is 5.69 Å². The van der Waals surface area contributed by atoms with Crippen LogP contribution in [-0.4, -0.2) is 10.5 Å². The number of aryl methyl sites for hydroxylation is 2. The van der Waals surface area contributed by atoms with Crippen molar-refractivity contribution in [3.05, 3.63) is 59.4 Å². The first-order valence-corrected chi connectivity index (χ1v) is 6.21. The van der Waals surface area contributed by atoms with Crippen LogP contribution in [0.1, 0.15) is 11.1 Å². The first kappa shape index (κ1) is 13.6. The third kappa shape index (κ3) is 3.15. The normalized spacial score (nSPS) is 10.9. The molecule has 0 fully saturated rings. The summed E-state index contributed by atoms with van der Waals surface area (Å²) in [6.07, 6.45) is 5.28. The van der Waals surface area contributed by atoms with E-state index >= 15 is 0 Å². The zero-order valence-electron chi connectivity index (χ0n) is 11.4. The number of hydrogen-bond acceptors (Lipinski definition) is 2. The molecule has 0 aliphatic rings. The number of nitrogens with zero attached hydrogens (tertiary/aromatic N) is 2. The fourth-order valence-corrected chi connectivity index (χ4v) is 1.83. The van der Waals surface area contributed by atoms with Crippen LogP contribution in [0.2, 0.25) is 0 Å². The molecular weight excluding hydrogens is 250 g/mol. The number of anilines is 1. The van der Waals surface area contributed by atoms with Gasteiger partial charge in [0, 0.05) is 25.1 Å². The predicted molar refractivity (Wildman–Crippen MR) is 78.8 cm³/mol. The van der Waals surface area contributed by atoms with E-state index in [0.29, 0.717) is 5.69 Å². The fraction of sp³-hybridized carbons (Fsp3) is 0.125. The smallest absolute Gasteiger partial charge is 0.266 e. The zero-order chi connectivity index (χ0) is 14.5. The highest BCUT2D eigenvalue weighted by atomic mass is 16.1. The van der Waals surface area contributed by atoms with Gasteiger partial charge in [0.15, 0.2) is 0 Å². The van der Waals surface area contributed by atoms with Crippen LogP contribution in [0.15, 0.2) is 48.3 Å². The highest BCUT2D eigenvalue weighted by Crippen LogP contribution is 2.15. The van der Waals surface area contributed by atoms with Crippen molar-refractivity contribution in [2.24, 2.45) is 7.05 Å². The predicted octanol–water partition coefficient (Wildman–Crippen LogP) is 2.88. The molecule has 0 bridgehead atoms. The first-order valence-electron chi connectivity index (χ1n) is 6.21. The maximum atomic E-state index is 12.1. The summed E-state index contributed by atoms with van der Waals surface area (Å²) in [6, 6.07) is 11.2. The lowest BCUT2D eigenvalue weighted by molar-refractivity contribution is -0.112. The molecule has 4 nitrogen and oxygen atoms in total. The number of carbonyl (C=O) groups excluding carboxylic acids is 1. The summed E-state index contributed by atoms with van der Waals surface area (Å²) < 4.78 is 1.86. The van der Waals surface area contributed by atoms with E-state index in [4.69, 9.17) is 5.26 Å².